The highest BCUT2D eigenvalue weighted by molar-refractivity contribution is 4.97. The summed E-state index contributed by atoms with van der Waals surface area (Å²) in [6.07, 6.45) is 3.75. The normalized spacial score (nSPS) is 11.8. The first-order valence-corrected chi connectivity index (χ1v) is 4.43. The first kappa shape index (κ1) is 9.82. The van der Waals surface area contributed by atoms with Crippen molar-refractivity contribution >= 4 is 0 Å². The lowest BCUT2D eigenvalue weighted by Crippen LogP contribution is -2.30. The summed E-state index contributed by atoms with van der Waals surface area (Å²) in [7, 11) is 0. The highest BCUT2D eigenvalue weighted by atomic mass is 15.3. The second-order valence-electron chi connectivity index (χ2n) is 2.94. The quantitative estimate of drug-likeness (QED) is 0.692. The van der Waals surface area contributed by atoms with Crippen molar-refractivity contribution < 1.29 is 0 Å². The molecule has 0 aliphatic rings. The molecular formula is C10H15N3. The van der Waals surface area contributed by atoms with Crippen LogP contribution in [-0.2, 0) is 6.54 Å². The van der Waals surface area contributed by atoms with Gasteiger partial charge in [-0.2, -0.15) is 5.10 Å². The lowest BCUT2D eigenvalue weighted by Gasteiger charge is -2.11. The van der Waals surface area contributed by atoms with Gasteiger partial charge in [0, 0.05) is 18.4 Å². The summed E-state index contributed by atoms with van der Waals surface area (Å²) in [4.78, 5) is 0. The molecule has 3 heteroatoms. The molecule has 0 saturated carbocycles. The molecule has 0 spiro atoms. The van der Waals surface area contributed by atoms with E-state index in [1.54, 1.807) is 6.20 Å². The molecule has 0 bridgehead atoms. The molecular weight excluding hydrogens is 162 g/mol. The Morgan fingerprint density at radius 2 is 2.46 bits per heavy atom. The predicted molar refractivity (Wildman–Crippen MR) is 53.1 cm³/mol. The second kappa shape index (κ2) is 5.39. The molecule has 70 valence electrons. The van der Waals surface area contributed by atoms with Crippen LogP contribution in [0.15, 0.2) is 18.5 Å². The molecule has 0 saturated heterocycles. The fraction of sp³-hybridized carbons (Fsp3) is 0.500. The summed E-state index contributed by atoms with van der Waals surface area (Å²) >= 11 is 0. The SMILES string of the molecule is CC#CCNC(C)Cn1cccn1. The lowest BCUT2D eigenvalue weighted by molar-refractivity contribution is 0.470. The molecule has 1 aromatic rings. The molecule has 1 atom stereocenters. The number of nitrogens with zero attached hydrogens (tertiary/aromatic N) is 2. The number of hydrogen-bond donors (Lipinski definition) is 1. The molecule has 1 heterocycles. The zero-order chi connectivity index (χ0) is 9.52. The van der Waals surface area contributed by atoms with Gasteiger partial charge in [0.2, 0.25) is 0 Å². The van der Waals surface area contributed by atoms with Crippen LogP contribution in [0.5, 0.6) is 0 Å². The van der Waals surface area contributed by atoms with Gasteiger partial charge in [-0.15, -0.1) is 5.92 Å². The molecule has 1 rings (SSSR count). The van der Waals surface area contributed by atoms with Crippen LogP contribution < -0.4 is 5.32 Å². The number of nitrogens with one attached hydrogen (secondary N) is 1. The minimum Gasteiger partial charge on any atom is -0.302 e. The smallest absolute Gasteiger partial charge is 0.0579 e. The molecule has 1 N–H and O–H groups in total. The van der Waals surface area contributed by atoms with Gasteiger partial charge in [0.25, 0.3) is 0 Å². The van der Waals surface area contributed by atoms with Crippen molar-refractivity contribution in [1.82, 2.24) is 15.1 Å². The van der Waals surface area contributed by atoms with Crippen molar-refractivity contribution in [2.24, 2.45) is 0 Å². The van der Waals surface area contributed by atoms with Crippen LogP contribution in [0.4, 0.5) is 0 Å². The number of aromatic nitrogens is 2. The Hall–Kier alpha value is -1.27. The van der Waals surface area contributed by atoms with Crippen LogP contribution in [0.25, 0.3) is 0 Å². The molecule has 1 aromatic heterocycles. The van der Waals surface area contributed by atoms with Gasteiger partial charge in [-0.05, 0) is 19.9 Å². The van der Waals surface area contributed by atoms with Crippen molar-refractivity contribution in [3.05, 3.63) is 18.5 Å². The van der Waals surface area contributed by atoms with Gasteiger partial charge in [-0.1, -0.05) is 5.92 Å². The predicted octanol–water partition coefficient (Wildman–Crippen LogP) is 0.884. The maximum Gasteiger partial charge on any atom is 0.0579 e. The summed E-state index contributed by atoms with van der Waals surface area (Å²) in [6, 6.07) is 2.33. The highest BCUT2D eigenvalue weighted by Gasteiger charge is 1.99. The third-order valence-corrected chi connectivity index (χ3v) is 1.74. The van der Waals surface area contributed by atoms with Gasteiger partial charge in [-0.25, -0.2) is 0 Å². The zero-order valence-electron chi connectivity index (χ0n) is 8.12. The topological polar surface area (TPSA) is 29.9 Å². The average Bonchev–Trinajstić information content (AvgIpc) is 2.57. The van der Waals surface area contributed by atoms with Crippen molar-refractivity contribution in [1.29, 1.82) is 0 Å². The first-order chi connectivity index (χ1) is 6.33. The molecule has 3 nitrogen and oxygen atoms in total. The highest BCUT2D eigenvalue weighted by Crippen LogP contribution is 1.89. The molecule has 0 aromatic carbocycles. The van der Waals surface area contributed by atoms with Gasteiger partial charge in [0.15, 0.2) is 0 Å². The van der Waals surface area contributed by atoms with Gasteiger partial charge in [-0.3, -0.25) is 4.68 Å². The van der Waals surface area contributed by atoms with Gasteiger partial charge in [0.1, 0.15) is 0 Å². The summed E-state index contributed by atoms with van der Waals surface area (Å²) < 4.78 is 1.91. The van der Waals surface area contributed by atoms with Gasteiger partial charge < -0.3 is 5.32 Å². The van der Waals surface area contributed by atoms with E-state index in [4.69, 9.17) is 0 Å². The zero-order valence-corrected chi connectivity index (χ0v) is 8.12. The molecule has 13 heavy (non-hydrogen) atoms. The number of rotatable bonds is 4. The Morgan fingerprint density at radius 3 is 3.08 bits per heavy atom. The summed E-state index contributed by atoms with van der Waals surface area (Å²) in [5.41, 5.74) is 0. The molecule has 0 fully saturated rings. The third-order valence-electron chi connectivity index (χ3n) is 1.74. The second-order valence-corrected chi connectivity index (χ2v) is 2.94. The Kier molecular flexibility index (Phi) is 4.07. The minimum atomic E-state index is 0.403. The van der Waals surface area contributed by atoms with E-state index in [0.29, 0.717) is 6.04 Å². The largest absolute Gasteiger partial charge is 0.302 e. The lowest BCUT2D eigenvalue weighted by atomic mass is 10.3. The maximum absolute atomic E-state index is 4.13. The van der Waals surface area contributed by atoms with Crippen molar-refractivity contribution in [2.45, 2.75) is 26.4 Å². The molecule has 0 amide bonds. The van der Waals surface area contributed by atoms with E-state index < -0.39 is 0 Å². The summed E-state index contributed by atoms with van der Waals surface area (Å²) in [5.74, 6) is 5.81. The van der Waals surface area contributed by atoms with Crippen molar-refractivity contribution in [3.8, 4) is 11.8 Å². The van der Waals surface area contributed by atoms with E-state index in [1.807, 2.05) is 23.9 Å². The number of hydrogen-bond acceptors (Lipinski definition) is 2. The molecule has 1 unspecified atom stereocenters. The molecule has 0 radical (unpaired) electrons. The van der Waals surface area contributed by atoms with Crippen LogP contribution >= 0.6 is 0 Å². The van der Waals surface area contributed by atoms with E-state index in [-0.39, 0.29) is 0 Å². The Balaban J connectivity index is 2.24. The Morgan fingerprint density at radius 1 is 1.62 bits per heavy atom. The molecule has 0 aliphatic heterocycles. The van der Waals surface area contributed by atoms with Crippen LogP contribution in [0.1, 0.15) is 13.8 Å². The van der Waals surface area contributed by atoms with E-state index >= 15 is 0 Å². The Bertz CT molecular complexity index is 279. The Labute approximate surface area is 79.1 Å². The van der Waals surface area contributed by atoms with Crippen LogP contribution in [-0.4, -0.2) is 22.4 Å². The standard InChI is InChI=1S/C10H15N3/c1-3-4-6-11-10(2)9-13-8-5-7-12-13/h5,7-8,10-11H,6,9H2,1-2H3. The molecule has 0 aliphatic carbocycles. The van der Waals surface area contributed by atoms with E-state index in [0.717, 1.165) is 13.1 Å². The fourth-order valence-corrected chi connectivity index (χ4v) is 1.07. The average molecular weight is 177 g/mol. The van der Waals surface area contributed by atoms with E-state index in [2.05, 4.69) is 29.2 Å². The van der Waals surface area contributed by atoms with Crippen LogP contribution in [0.2, 0.25) is 0 Å². The van der Waals surface area contributed by atoms with E-state index in [1.165, 1.54) is 0 Å². The van der Waals surface area contributed by atoms with Gasteiger partial charge in [0.05, 0.1) is 13.1 Å². The van der Waals surface area contributed by atoms with Gasteiger partial charge >= 0.3 is 0 Å². The van der Waals surface area contributed by atoms with Crippen LogP contribution in [0, 0.1) is 11.8 Å². The van der Waals surface area contributed by atoms with E-state index in [9.17, 15) is 0 Å². The van der Waals surface area contributed by atoms with Crippen LogP contribution in [0.3, 0.4) is 0 Å². The first-order valence-electron chi connectivity index (χ1n) is 4.43. The van der Waals surface area contributed by atoms with Crippen molar-refractivity contribution in [3.63, 3.8) is 0 Å². The monoisotopic (exact) mass is 177 g/mol. The minimum absolute atomic E-state index is 0.403. The summed E-state index contributed by atoms with van der Waals surface area (Å²) in [6.45, 7) is 5.61. The third kappa shape index (κ3) is 3.77. The fourth-order valence-electron chi connectivity index (χ4n) is 1.07. The van der Waals surface area contributed by atoms with Crippen molar-refractivity contribution in [2.75, 3.05) is 6.54 Å². The maximum atomic E-state index is 4.13. The summed E-state index contributed by atoms with van der Waals surface area (Å²) in [5, 5.41) is 7.41.